The van der Waals surface area contributed by atoms with Gasteiger partial charge in [0.05, 0.1) is 10.2 Å². The Morgan fingerprint density at radius 1 is 1.08 bits per heavy atom. The lowest BCUT2D eigenvalue weighted by molar-refractivity contribution is 0.102. The number of aromatic amines is 1. The highest BCUT2D eigenvalue weighted by Gasteiger charge is 2.15. The predicted octanol–water partition coefficient (Wildman–Crippen LogP) is 3.18. The van der Waals surface area contributed by atoms with Gasteiger partial charge in [0.15, 0.2) is 0 Å². The molecule has 0 bridgehead atoms. The van der Waals surface area contributed by atoms with Crippen molar-refractivity contribution in [2.24, 2.45) is 21.7 Å². The van der Waals surface area contributed by atoms with Crippen LogP contribution in [0.2, 0.25) is 0 Å². The van der Waals surface area contributed by atoms with Crippen molar-refractivity contribution in [3.63, 3.8) is 0 Å². The van der Waals surface area contributed by atoms with Gasteiger partial charge in [-0.15, -0.1) is 5.10 Å². The molecule has 132 valence electrons. The lowest BCUT2D eigenvalue weighted by Gasteiger charge is -2.06. The van der Waals surface area contributed by atoms with Crippen molar-refractivity contribution in [1.29, 1.82) is 0 Å². The molecule has 0 atom stereocenters. The summed E-state index contributed by atoms with van der Waals surface area (Å²) < 4.78 is 0.738. The molecule has 1 amide bonds. The van der Waals surface area contributed by atoms with Crippen molar-refractivity contribution in [2.45, 2.75) is 6.92 Å². The number of benzene rings is 2. The summed E-state index contributed by atoms with van der Waals surface area (Å²) in [6, 6.07) is 14.9. The fourth-order valence-corrected chi connectivity index (χ4v) is 3.07. The van der Waals surface area contributed by atoms with E-state index in [1.54, 1.807) is 19.1 Å². The molecule has 2 aromatic carbocycles. The SMILES string of the molecule is CC(=NN=C(N)N)c1ccc(NC(=O)c2[nH]c3ccccc3c2Br)cc1. The van der Waals surface area contributed by atoms with Crippen LogP contribution in [0.4, 0.5) is 5.69 Å². The fraction of sp³-hybridized carbons (Fsp3) is 0.0556. The highest BCUT2D eigenvalue weighted by molar-refractivity contribution is 9.10. The summed E-state index contributed by atoms with van der Waals surface area (Å²) in [5, 5.41) is 11.4. The third-order valence-corrected chi connectivity index (χ3v) is 4.57. The maximum atomic E-state index is 12.6. The number of para-hydroxylation sites is 1. The second-order valence-corrected chi connectivity index (χ2v) is 6.39. The molecule has 0 fully saturated rings. The monoisotopic (exact) mass is 412 g/mol. The van der Waals surface area contributed by atoms with Crippen LogP contribution in [0.1, 0.15) is 23.0 Å². The maximum absolute atomic E-state index is 12.6. The average molecular weight is 413 g/mol. The van der Waals surface area contributed by atoms with Crippen LogP contribution in [0.3, 0.4) is 0 Å². The van der Waals surface area contributed by atoms with Gasteiger partial charge >= 0.3 is 0 Å². The number of carbonyl (C=O) groups excluding carboxylic acids is 1. The molecule has 0 aliphatic carbocycles. The number of anilines is 1. The second-order valence-electron chi connectivity index (χ2n) is 5.60. The first-order valence-electron chi connectivity index (χ1n) is 7.77. The van der Waals surface area contributed by atoms with E-state index in [0.717, 1.165) is 20.9 Å². The molecule has 0 radical (unpaired) electrons. The summed E-state index contributed by atoms with van der Waals surface area (Å²) in [6.45, 7) is 1.79. The number of rotatable bonds is 4. The molecule has 0 aliphatic heterocycles. The molecule has 6 N–H and O–H groups in total. The Morgan fingerprint density at radius 3 is 2.42 bits per heavy atom. The molecule has 8 heteroatoms. The van der Waals surface area contributed by atoms with E-state index in [0.29, 0.717) is 17.1 Å². The Hall–Kier alpha value is -3.13. The van der Waals surface area contributed by atoms with Gasteiger partial charge in [-0.25, -0.2) is 0 Å². The summed E-state index contributed by atoms with van der Waals surface area (Å²) in [6.07, 6.45) is 0. The molecule has 0 aliphatic rings. The van der Waals surface area contributed by atoms with Gasteiger partial charge in [-0.05, 0) is 46.6 Å². The molecule has 0 saturated carbocycles. The minimum Gasteiger partial charge on any atom is -0.369 e. The van der Waals surface area contributed by atoms with Gasteiger partial charge in [-0.1, -0.05) is 30.3 Å². The summed E-state index contributed by atoms with van der Waals surface area (Å²) in [5.74, 6) is -0.330. The van der Waals surface area contributed by atoms with E-state index < -0.39 is 0 Å². The number of amides is 1. The third-order valence-electron chi connectivity index (χ3n) is 3.75. The highest BCUT2D eigenvalue weighted by atomic mass is 79.9. The van der Waals surface area contributed by atoms with Crippen molar-refractivity contribution in [2.75, 3.05) is 5.32 Å². The van der Waals surface area contributed by atoms with Gasteiger partial charge in [0, 0.05) is 16.6 Å². The first kappa shape index (κ1) is 17.7. The van der Waals surface area contributed by atoms with Gasteiger partial charge in [0.25, 0.3) is 5.91 Å². The molecule has 3 aromatic rings. The van der Waals surface area contributed by atoms with Crippen LogP contribution in [0.5, 0.6) is 0 Å². The van der Waals surface area contributed by atoms with E-state index in [9.17, 15) is 4.79 Å². The van der Waals surface area contributed by atoms with Crippen molar-refractivity contribution in [3.05, 3.63) is 64.3 Å². The second kappa shape index (κ2) is 7.40. The van der Waals surface area contributed by atoms with E-state index in [1.165, 1.54) is 0 Å². The number of halogens is 1. The normalized spacial score (nSPS) is 11.4. The summed E-state index contributed by atoms with van der Waals surface area (Å²) in [5.41, 5.74) is 14.1. The van der Waals surface area contributed by atoms with Crippen LogP contribution in [-0.2, 0) is 0 Å². The molecule has 0 spiro atoms. The van der Waals surface area contributed by atoms with Crippen molar-refractivity contribution < 1.29 is 4.79 Å². The standard InChI is InChI=1S/C18H17BrN6O/c1-10(24-25-18(20)21)11-6-8-12(9-7-11)22-17(26)16-15(19)13-4-2-3-5-14(13)23-16/h2-9,23H,1H3,(H,22,26)(H4,20,21,25). The number of nitrogens with one attached hydrogen (secondary N) is 2. The number of fused-ring (bicyclic) bond motifs is 1. The zero-order valence-corrected chi connectivity index (χ0v) is 15.5. The van der Waals surface area contributed by atoms with Crippen LogP contribution >= 0.6 is 15.9 Å². The van der Waals surface area contributed by atoms with E-state index in [1.807, 2.05) is 36.4 Å². The quantitative estimate of drug-likeness (QED) is 0.299. The first-order valence-corrected chi connectivity index (χ1v) is 8.56. The number of hydrogen-bond donors (Lipinski definition) is 4. The maximum Gasteiger partial charge on any atom is 0.273 e. The first-order chi connectivity index (χ1) is 12.5. The van der Waals surface area contributed by atoms with E-state index in [-0.39, 0.29) is 11.9 Å². The van der Waals surface area contributed by atoms with Gasteiger partial charge in [-0.2, -0.15) is 5.10 Å². The van der Waals surface area contributed by atoms with Crippen molar-refractivity contribution in [3.8, 4) is 0 Å². The van der Waals surface area contributed by atoms with Gasteiger partial charge < -0.3 is 21.8 Å². The smallest absolute Gasteiger partial charge is 0.273 e. The lowest BCUT2D eigenvalue weighted by Crippen LogP contribution is -2.22. The minimum atomic E-state index is -0.230. The Kier molecular flexibility index (Phi) is 5.04. The highest BCUT2D eigenvalue weighted by Crippen LogP contribution is 2.28. The molecule has 0 saturated heterocycles. The van der Waals surface area contributed by atoms with E-state index >= 15 is 0 Å². The molecule has 0 unspecified atom stereocenters. The zero-order valence-electron chi connectivity index (χ0n) is 14.0. The molecule has 1 aromatic heterocycles. The molecule has 7 nitrogen and oxygen atoms in total. The number of guanidine groups is 1. The van der Waals surface area contributed by atoms with Crippen molar-refractivity contribution >= 4 is 50.1 Å². The number of hydrogen-bond acceptors (Lipinski definition) is 3. The minimum absolute atomic E-state index is 0.0999. The van der Waals surface area contributed by atoms with Gasteiger partial charge in [0.1, 0.15) is 5.69 Å². The zero-order chi connectivity index (χ0) is 18.7. The topological polar surface area (TPSA) is 122 Å². The number of nitrogens with two attached hydrogens (primary N) is 2. The lowest BCUT2D eigenvalue weighted by atomic mass is 10.1. The summed E-state index contributed by atoms with van der Waals surface area (Å²) in [4.78, 5) is 15.7. The van der Waals surface area contributed by atoms with E-state index in [4.69, 9.17) is 11.5 Å². The van der Waals surface area contributed by atoms with Crippen molar-refractivity contribution in [1.82, 2.24) is 4.98 Å². The fourth-order valence-electron chi connectivity index (χ4n) is 2.44. The van der Waals surface area contributed by atoms with Crippen LogP contribution in [0.15, 0.2) is 63.2 Å². The molecule has 26 heavy (non-hydrogen) atoms. The van der Waals surface area contributed by atoms with Crippen LogP contribution < -0.4 is 16.8 Å². The molecular weight excluding hydrogens is 396 g/mol. The van der Waals surface area contributed by atoms with Crippen LogP contribution in [0, 0.1) is 0 Å². The van der Waals surface area contributed by atoms with Gasteiger partial charge in [0.2, 0.25) is 5.96 Å². The molecular formula is C18H17BrN6O. The largest absolute Gasteiger partial charge is 0.369 e. The third kappa shape index (κ3) is 3.75. The van der Waals surface area contributed by atoms with Gasteiger partial charge in [-0.3, -0.25) is 4.79 Å². The van der Waals surface area contributed by atoms with Crippen LogP contribution in [0.25, 0.3) is 10.9 Å². The molecule has 3 rings (SSSR count). The van der Waals surface area contributed by atoms with Crippen LogP contribution in [-0.4, -0.2) is 22.6 Å². The Labute approximate surface area is 158 Å². The summed E-state index contributed by atoms with van der Waals surface area (Å²) in [7, 11) is 0. The number of nitrogens with zero attached hydrogens (tertiary/aromatic N) is 2. The molecule has 1 heterocycles. The predicted molar refractivity (Wildman–Crippen MR) is 108 cm³/mol. The number of aromatic nitrogens is 1. The Bertz CT molecular complexity index is 1020. The Balaban J connectivity index is 1.78. The summed E-state index contributed by atoms with van der Waals surface area (Å²) >= 11 is 3.48. The Morgan fingerprint density at radius 2 is 1.77 bits per heavy atom. The van der Waals surface area contributed by atoms with E-state index in [2.05, 4.69) is 36.4 Å². The number of H-pyrrole nitrogens is 1. The average Bonchev–Trinajstić information content (AvgIpc) is 2.97. The number of carbonyl (C=O) groups is 1.